The van der Waals surface area contributed by atoms with Crippen LogP contribution in [0.25, 0.3) is 0 Å². The average Bonchev–Trinajstić information content (AvgIpc) is 2.20. The standard InChI is InChI=1S/C8H21N3O5S2/c1-10(2)18(14,15)9-5-6-11(7-8-16-3)17(4,12)13/h9H,5-8H2,1-4H3. The lowest BCUT2D eigenvalue weighted by atomic mass is 10.6. The SMILES string of the molecule is COCCN(CCNS(=O)(=O)N(C)C)S(C)(=O)=O. The third kappa shape index (κ3) is 6.61. The van der Waals surface area contributed by atoms with Crippen LogP contribution in [0.1, 0.15) is 0 Å². The first-order valence-corrected chi connectivity index (χ1v) is 8.51. The van der Waals surface area contributed by atoms with Gasteiger partial charge in [-0.15, -0.1) is 0 Å². The Morgan fingerprint density at radius 3 is 2.06 bits per heavy atom. The topological polar surface area (TPSA) is 96.0 Å². The van der Waals surface area contributed by atoms with Crippen molar-refractivity contribution < 1.29 is 21.6 Å². The number of nitrogens with one attached hydrogen (secondary N) is 1. The van der Waals surface area contributed by atoms with Gasteiger partial charge >= 0.3 is 0 Å². The van der Waals surface area contributed by atoms with Gasteiger partial charge in [-0.05, 0) is 0 Å². The van der Waals surface area contributed by atoms with Crippen LogP contribution in [0.5, 0.6) is 0 Å². The molecule has 18 heavy (non-hydrogen) atoms. The first-order valence-electron chi connectivity index (χ1n) is 5.22. The van der Waals surface area contributed by atoms with Crippen molar-refractivity contribution >= 4 is 20.2 Å². The molecule has 0 saturated carbocycles. The summed E-state index contributed by atoms with van der Waals surface area (Å²) < 4.78 is 54.9. The molecule has 0 aromatic rings. The molecular weight excluding hydrogens is 282 g/mol. The highest BCUT2D eigenvalue weighted by Gasteiger charge is 2.18. The number of hydrogen-bond donors (Lipinski definition) is 1. The lowest BCUT2D eigenvalue weighted by Crippen LogP contribution is -2.42. The molecule has 0 aliphatic rings. The van der Waals surface area contributed by atoms with Crippen LogP contribution >= 0.6 is 0 Å². The quantitative estimate of drug-likeness (QED) is 0.547. The fourth-order valence-electron chi connectivity index (χ4n) is 1.06. The molecule has 1 N–H and O–H groups in total. The molecule has 10 heteroatoms. The first kappa shape index (κ1) is 17.7. The molecule has 0 saturated heterocycles. The van der Waals surface area contributed by atoms with E-state index in [-0.39, 0.29) is 26.2 Å². The van der Waals surface area contributed by atoms with Gasteiger partial charge in [-0.25, -0.2) is 13.1 Å². The third-order valence-electron chi connectivity index (χ3n) is 2.14. The van der Waals surface area contributed by atoms with Gasteiger partial charge in [0.1, 0.15) is 0 Å². The molecule has 0 heterocycles. The first-order chi connectivity index (χ1) is 8.11. The maximum atomic E-state index is 11.4. The molecule has 110 valence electrons. The van der Waals surface area contributed by atoms with Crippen LogP contribution in [-0.4, -0.2) is 79.1 Å². The second-order valence-electron chi connectivity index (χ2n) is 3.84. The molecule has 0 atom stereocenters. The smallest absolute Gasteiger partial charge is 0.278 e. The Kier molecular flexibility index (Phi) is 7.25. The minimum absolute atomic E-state index is 0.0112. The van der Waals surface area contributed by atoms with Crippen LogP contribution in [0.3, 0.4) is 0 Å². The molecule has 0 aliphatic heterocycles. The van der Waals surface area contributed by atoms with Gasteiger partial charge in [-0.3, -0.25) is 0 Å². The minimum Gasteiger partial charge on any atom is -0.383 e. The number of sulfonamides is 1. The van der Waals surface area contributed by atoms with Crippen molar-refractivity contribution in [2.24, 2.45) is 0 Å². The fraction of sp³-hybridized carbons (Fsp3) is 1.00. The highest BCUT2D eigenvalue weighted by molar-refractivity contribution is 7.88. The van der Waals surface area contributed by atoms with Gasteiger partial charge in [0.15, 0.2) is 0 Å². The Bertz CT molecular complexity index is 432. The zero-order valence-corrected chi connectivity index (χ0v) is 12.7. The van der Waals surface area contributed by atoms with E-state index in [0.717, 1.165) is 14.9 Å². The lowest BCUT2D eigenvalue weighted by Gasteiger charge is -2.20. The average molecular weight is 303 g/mol. The fourth-order valence-corrected chi connectivity index (χ4v) is 2.50. The van der Waals surface area contributed by atoms with Gasteiger partial charge in [0, 0.05) is 40.8 Å². The molecule has 0 rings (SSSR count). The summed E-state index contributed by atoms with van der Waals surface area (Å²) in [6.45, 7) is 0.527. The predicted molar refractivity (Wildman–Crippen MR) is 68.9 cm³/mol. The normalized spacial score (nSPS) is 13.4. The van der Waals surface area contributed by atoms with Crippen LogP contribution in [0.2, 0.25) is 0 Å². The number of rotatable bonds is 9. The van der Waals surface area contributed by atoms with E-state index in [9.17, 15) is 16.8 Å². The predicted octanol–water partition coefficient (Wildman–Crippen LogP) is -1.71. The van der Waals surface area contributed by atoms with E-state index in [1.165, 1.54) is 21.2 Å². The Labute approximate surface area is 109 Å². The Morgan fingerprint density at radius 2 is 1.67 bits per heavy atom. The van der Waals surface area contributed by atoms with Crippen molar-refractivity contribution in [2.75, 3.05) is 53.7 Å². The molecule has 0 unspecified atom stereocenters. The molecular formula is C8H21N3O5S2. The monoisotopic (exact) mass is 303 g/mol. The number of ether oxygens (including phenoxy) is 1. The van der Waals surface area contributed by atoms with E-state index in [1.54, 1.807) is 0 Å². The van der Waals surface area contributed by atoms with Gasteiger partial charge in [0.25, 0.3) is 10.2 Å². The van der Waals surface area contributed by atoms with Crippen LogP contribution in [0, 0.1) is 0 Å². The molecule has 0 aromatic carbocycles. The molecule has 0 spiro atoms. The lowest BCUT2D eigenvalue weighted by molar-refractivity contribution is 0.179. The highest BCUT2D eigenvalue weighted by atomic mass is 32.2. The van der Waals surface area contributed by atoms with Gasteiger partial charge in [-0.1, -0.05) is 0 Å². The van der Waals surface area contributed by atoms with E-state index < -0.39 is 20.2 Å². The van der Waals surface area contributed by atoms with Crippen molar-refractivity contribution in [1.29, 1.82) is 0 Å². The summed E-state index contributed by atoms with van der Waals surface area (Å²) in [5, 5.41) is 0. The summed E-state index contributed by atoms with van der Waals surface area (Å²) in [5.41, 5.74) is 0. The van der Waals surface area contributed by atoms with Gasteiger partial charge in [-0.2, -0.15) is 17.0 Å². The summed E-state index contributed by atoms with van der Waals surface area (Å²) in [4.78, 5) is 0. The van der Waals surface area contributed by atoms with Crippen molar-refractivity contribution in [3.63, 3.8) is 0 Å². The summed E-state index contributed by atoms with van der Waals surface area (Å²) in [6, 6.07) is 0. The van der Waals surface area contributed by atoms with Gasteiger partial charge < -0.3 is 4.74 Å². The molecule has 0 radical (unpaired) electrons. The number of hydrogen-bond acceptors (Lipinski definition) is 5. The molecule has 0 bridgehead atoms. The van der Waals surface area contributed by atoms with E-state index in [1.807, 2.05) is 0 Å². The van der Waals surface area contributed by atoms with Crippen molar-refractivity contribution in [3.05, 3.63) is 0 Å². The van der Waals surface area contributed by atoms with Gasteiger partial charge in [0.2, 0.25) is 10.0 Å². The van der Waals surface area contributed by atoms with E-state index in [4.69, 9.17) is 4.74 Å². The van der Waals surface area contributed by atoms with Crippen molar-refractivity contribution in [2.45, 2.75) is 0 Å². The molecule has 0 fully saturated rings. The maximum absolute atomic E-state index is 11.4. The molecule has 0 aromatic heterocycles. The second-order valence-corrected chi connectivity index (χ2v) is 7.79. The van der Waals surface area contributed by atoms with Crippen LogP contribution in [0.4, 0.5) is 0 Å². The van der Waals surface area contributed by atoms with Crippen LogP contribution in [-0.2, 0) is 25.0 Å². The Balaban J connectivity index is 4.38. The third-order valence-corrected chi connectivity index (χ3v) is 4.97. The number of nitrogens with zero attached hydrogens (tertiary/aromatic N) is 2. The summed E-state index contributed by atoms with van der Waals surface area (Å²) in [5.74, 6) is 0. The second kappa shape index (κ2) is 7.36. The maximum Gasteiger partial charge on any atom is 0.278 e. The Morgan fingerprint density at radius 1 is 1.11 bits per heavy atom. The van der Waals surface area contributed by atoms with Crippen molar-refractivity contribution in [3.8, 4) is 0 Å². The molecule has 0 aliphatic carbocycles. The largest absolute Gasteiger partial charge is 0.383 e. The zero-order valence-electron chi connectivity index (χ0n) is 11.1. The summed E-state index contributed by atoms with van der Waals surface area (Å²) in [6.07, 6.45) is 1.07. The summed E-state index contributed by atoms with van der Waals surface area (Å²) >= 11 is 0. The zero-order chi connectivity index (χ0) is 14.4. The Hall–Kier alpha value is -0.260. The minimum atomic E-state index is -3.53. The van der Waals surface area contributed by atoms with Crippen molar-refractivity contribution in [1.82, 2.24) is 13.3 Å². The molecule has 0 amide bonds. The van der Waals surface area contributed by atoms with Crippen LogP contribution in [0.15, 0.2) is 0 Å². The highest BCUT2D eigenvalue weighted by Crippen LogP contribution is 1.97. The number of methoxy groups -OCH3 is 1. The van der Waals surface area contributed by atoms with E-state index >= 15 is 0 Å². The molecule has 8 nitrogen and oxygen atoms in total. The van der Waals surface area contributed by atoms with E-state index in [0.29, 0.717) is 0 Å². The van der Waals surface area contributed by atoms with Gasteiger partial charge in [0.05, 0.1) is 12.9 Å². The van der Waals surface area contributed by atoms with E-state index in [2.05, 4.69) is 4.72 Å². The summed E-state index contributed by atoms with van der Waals surface area (Å²) in [7, 11) is -2.65. The van der Waals surface area contributed by atoms with Crippen LogP contribution < -0.4 is 4.72 Å².